The molecule has 0 saturated heterocycles. The second-order valence-electron chi connectivity index (χ2n) is 6.28. The highest BCUT2D eigenvalue weighted by Gasteiger charge is 2.42. The summed E-state index contributed by atoms with van der Waals surface area (Å²) in [5.41, 5.74) is 0.133. The molecule has 1 aliphatic heterocycles. The van der Waals surface area contributed by atoms with Crippen LogP contribution in [0.3, 0.4) is 0 Å². The number of benzene rings is 1. The SMILES string of the molecule is O=S1(=O)CCC(CO)(NC2CCCCC2)c2ccccc21. The molecule has 1 unspecified atom stereocenters. The van der Waals surface area contributed by atoms with Crippen molar-refractivity contribution in [3.8, 4) is 0 Å². The topological polar surface area (TPSA) is 66.4 Å². The first kappa shape index (κ1) is 15.0. The van der Waals surface area contributed by atoms with Crippen molar-refractivity contribution in [2.45, 2.75) is 55.0 Å². The van der Waals surface area contributed by atoms with E-state index in [1.807, 2.05) is 12.1 Å². The van der Waals surface area contributed by atoms with Crippen LogP contribution in [0.15, 0.2) is 29.2 Å². The number of sulfone groups is 1. The molecule has 4 nitrogen and oxygen atoms in total. The normalized spacial score (nSPS) is 29.0. The van der Waals surface area contributed by atoms with Gasteiger partial charge in [-0.1, -0.05) is 37.5 Å². The standard InChI is InChI=1S/C16H23NO3S/c18-12-16(17-13-6-2-1-3-7-13)10-11-21(19,20)15-9-5-4-8-14(15)16/h4-5,8-9,13,17-18H,1-3,6-7,10-12H2. The minimum absolute atomic E-state index is 0.0595. The second kappa shape index (κ2) is 5.71. The van der Waals surface area contributed by atoms with E-state index in [1.54, 1.807) is 12.1 Å². The van der Waals surface area contributed by atoms with Crippen LogP contribution in [0.1, 0.15) is 44.1 Å². The fourth-order valence-electron chi connectivity index (χ4n) is 3.68. The Morgan fingerprint density at radius 1 is 1.19 bits per heavy atom. The summed E-state index contributed by atoms with van der Waals surface area (Å²) in [7, 11) is -3.22. The molecule has 1 aliphatic carbocycles. The smallest absolute Gasteiger partial charge is 0.178 e. The molecular weight excluding hydrogens is 286 g/mol. The first-order valence-corrected chi connectivity index (χ1v) is 9.43. The van der Waals surface area contributed by atoms with E-state index in [9.17, 15) is 13.5 Å². The van der Waals surface area contributed by atoms with Crippen LogP contribution in [0.2, 0.25) is 0 Å². The highest BCUT2D eigenvalue weighted by Crippen LogP contribution is 2.38. The molecule has 3 rings (SSSR count). The minimum atomic E-state index is -3.22. The lowest BCUT2D eigenvalue weighted by Crippen LogP contribution is -2.54. The number of hydrogen-bond acceptors (Lipinski definition) is 4. The van der Waals surface area contributed by atoms with E-state index in [2.05, 4.69) is 5.32 Å². The van der Waals surface area contributed by atoms with Crippen molar-refractivity contribution in [3.05, 3.63) is 29.8 Å². The van der Waals surface area contributed by atoms with Crippen molar-refractivity contribution in [2.75, 3.05) is 12.4 Å². The summed E-state index contributed by atoms with van der Waals surface area (Å²) in [5, 5.41) is 13.6. The van der Waals surface area contributed by atoms with Gasteiger partial charge in [-0.3, -0.25) is 0 Å². The summed E-state index contributed by atoms with van der Waals surface area (Å²) in [6, 6.07) is 7.49. The van der Waals surface area contributed by atoms with E-state index in [0.717, 1.165) is 18.4 Å². The lowest BCUT2D eigenvalue weighted by Gasteiger charge is -2.42. The van der Waals surface area contributed by atoms with Gasteiger partial charge < -0.3 is 10.4 Å². The molecule has 2 N–H and O–H groups in total. The van der Waals surface area contributed by atoms with Crippen molar-refractivity contribution in [1.29, 1.82) is 0 Å². The third-order valence-electron chi connectivity index (χ3n) is 4.89. The number of aliphatic hydroxyl groups is 1. The third kappa shape index (κ3) is 2.74. The van der Waals surface area contributed by atoms with E-state index < -0.39 is 15.4 Å². The summed E-state index contributed by atoms with van der Waals surface area (Å²) in [4.78, 5) is 0.383. The average molecular weight is 309 g/mol. The van der Waals surface area contributed by atoms with E-state index in [0.29, 0.717) is 17.4 Å². The van der Waals surface area contributed by atoms with Gasteiger partial charge in [0.15, 0.2) is 9.84 Å². The Morgan fingerprint density at radius 2 is 1.90 bits per heavy atom. The Bertz CT molecular complexity index is 608. The van der Waals surface area contributed by atoms with Gasteiger partial charge in [0.2, 0.25) is 0 Å². The lowest BCUT2D eigenvalue weighted by molar-refractivity contribution is 0.128. The maximum Gasteiger partial charge on any atom is 0.178 e. The zero-order chi connectivity index (χ0) is 14.9. The van der Waals surface area contributed by atoms with E-state index in [-0.39, 0.29) is 12.4 Å². The van der Waals surface area contributed by atoms with Crippen LogP contribution in [0, 0.1) is 0 Å². The maximum absolute atomic E-state index is 12.3. The van der Waals surface area contributed by atoms with Gasteiger partial charge in [0.05, 0.1) is 22.8 Å². The highest BCUT2D eigenvalue weighted by atomic mass is 32.2. The van der Waals surface area contributed by atoms with Gasteiger partial charge >= 0.3 is 0 Å². The van der Waals surface area contributed by atoms with Gasteiger partial charge in [-0.25, -0.2) is 8.42 Å². The molecule has 1 aromatic carbocycles. The Kier molecular flexibility index (Phi) is 4.08. The molecule has 2 aliphatic rings. The van der Waals surface area contributed by atoms with Gasteiger partial charge in [0.1, 0.15) is 0 Å². The summed E-state index contributed by atoms with van der Waals surface area (Å²) in [6.45, 7) is -0.0595. The van der Waals surface area contributed by atoms with E-state index in [1.165, 1.54) is 19.3 Å². The van der Waals surface area contributed by atoms with Crippen LogP contribution in [0.5, 0.6) is 0 Å². The Balaban J connectivity index is 1.98. The second-order valence-corrected chi connectivity index (χ2v) is 8.36. The number of rotatable bonds is 3. The van der Waals surface area contributed by atoms with Crippen molar-refractivity contribution in [1.82, 2.24) is 5.32 Å². The van der Waals surface area contributed by atoms with Crippen molar-refractivity contribution in [2.24, 2.45) is 0 Å². The van der Waals surface area contributed by atoms with Crippen molar-refractivity contribution in [3.63, 3.8) is 0 Å². The molecule has 21 heavy (non-hydrogen) atoms. The van der Waals surface area contributed by atoms with Crippen LogP contribution < -0.4 is 5.32 Å². The maximum atomic E-state index is 12.3. The molecule has 0 aromatic heterocycles. The molecular formula is C16H23NO3S. The molecule has 1 heterocycles. The molecule has 0 amide bonds. The number of aliphatic hydroxyl groups excluding tert-OH is 1. The summed E-state index contributed by atoms with van der Waals surface area (Å²) in [6.07, 6.45) is 6.35. The molecule has 1 saturated carbocycles. The number of fused-ring (bicyclic) bond motifs is 1. The third-order valence-corrected chi connectivity index (χ3v) is 6.66. The van der Waals surface area contributed by atoms with Gasteiger partial charge in [-0.2, -0.15) is 0 Å². The molecule has 116 valence electrons. The van der Waals surface area contributed by atoms with Crippen molar-refractivity contribution < 1.29 is 13.5 Å². The zero-order valence-corrected chi connectivity index (χ0v) is 13.0. The molecule has 5 heteroatoms. The van der Waals surface area contributed by atoms with Crippen molar-refractivity contribution >= 4 is 9.84 Å². The predicted octanol–water partition coefficient (Wildman–Crippen LogP) is 1.97. The minimum Gasteiger partial charge on any atom is -0.394 e. The van der Waals surface area contributed by atoms with Crippen LogP contribution >= 0.6 is 0 Å². The average Bonchev–Trinajstić information content (AvgIpc) is 2.52. The summed E-state index contributed by atoms with van der Waals surface area (Å²) < 4.78 is 24.5. The summed E-state index contributed by atoms with van der Waals surface area (Å²) >= 11 is 0. The molecule has 1 fully saturated rings. The molecule has 0 bridgehead atoms. The molecule has 1 atom stereocenters. The Labute approximate surface area is 126 Å². The molecule has 1 aromatic rings. The van der Waals surface area contributed by atoms with Gasteiger partial charge in [0, 0.05) is 6.04 Å². The van der Waals surface area contributed by atoms with Crippen LogP contribution in [0.25, 0.3) is 0 Å². The van der Waals surface area contributed by atoms with Crippen LogP contribution in [-0.2, 0) is 15.4 Å². The van der Waals surface area contributed by atoms with Gasteiger partial charge in [-0.15, -0.1) is 0 Å². The molecule has 0 spiro atoms. The summed E-state index contributed by atoms with van der Waals surface area (Å²) in [5.74, 6) is 0.101. The number of hydrogen-bond donors (Lipinski definition) is 2. The van der Waals surface area contributed by atoms with Gasteiger partial charge in [-0.05, 0) is 30.9 Å². The first-order chi connectivity index (χ1) is 10.1. The Hall–Kier alpha value is -0.910. The highest BCUT2D eigenvalue weighted by molar-refractivity contribution is 7.91. The monoisotopic (exact) mass is 309 g/mol. The van der Waals surface area contributed by atoms with Crippen LogP contribution in [0.4, 0.5) is 0 Å². The first-order valence-electron chi connectivity index (χ1n) is 7.78. The fraction of sp³-hybridized carbons (Fsp3) is 0.625. The zero-order valence-electron chi connectivity index (χ0n) is 12.2. The van der Waals surface area contributed by atoms with E-state index >= 15 is 0 Å². The van der Waals surface area contributed by atoms with E-state index in [4.69, 9.17) is 0 Å². The quantitative estimate of drug-likeness (QED) is 0.896. The fourth-order valence-corrected chi connectivity index (χ4v) is 5.41. The largest absolute Gasteiger partial charge is 0.394 e. The number of nitrogens with one attached hydrogen (secondary N) is 1. The lowest BCUT2D eigenvalue weighted by atomic mass is 9.84. The van der Waals surface area contributed by atoms with Gasteiger partial charge in [0.25, 0.3) is 0 Å². The Morgan fingerprint density at radius 3 is 2.62 bits per heavy atom. The van der Waals surface area contributed by atoms with Crippen LogP contribution in [-0.4, -0.2) is 31.9 Å². The molecule has 0 radical (unpaired) electrons. The predicted molar refractivity (Wildman–Crippen MR) is 81.9 cm³/mol.